The van der Waals surface area contributed by atoms with E-state index in [2.05, 4.69) is 4.74 Å². The Hall–Kier alpha value is -0.240. The molecule has 1 aliphatic heterocycles. The maximum Gasteiger partial charge on any atom is 0.184 e. The predicted octanol–water partition coefficient (Wildman–Crippen LogP) is -3.22. The first-order valence-corrected chi connectivity index (χ1v) is 3.56. The molecule has 6 nitrogen and oxygen atoms in total. The van der Waals surface area contributed by atoms with Crippen LogP contribution in [0.1, 0.15) is 0 Å². The average molecular weight is 180 g/mol. The fourth-order valence-electron chi connectivity index (χ4n) is 1.08. The molecule has 72 valence electrons. The van der Waals surface area contributed by atoms with Crippen LogP contribution in [0.15, 0.2) is 0 Å². The van der Waals surface area contributed by atoms with Crippen molar-refractivity contribution >= 4 is 0 Å². The summed E-state index contributed by atoms with van der Waals surface area (Å²) in [5.74, 6) is 0. The molecule has 1 rings (SSSR count). The second-order valence-corrected chi connectivity index (χ2v) is 2.72. The van der Waals surface area contributed by atoms with Crippen LogP contribution >= 0.6 is 0 Å². The van der Waals surface area contributed by atoms with Crippen molar-refractivity contribution in [3.05, 3.63) is 0 Å². The van der Waals surface area contributed by atoms with Gasteiger partial charge in [0.25, 0.3) is 0 Å². The van der Waals surface area contributed by atoms with Gasteiger partial charge in [-0.05, 0) is 0 Å². The van der Waals surface area contributed by atoms with E-state index in [4.69, 9.17) is 25.5 Å². The third-order valence-electron chi connectivity index (χ3n) is 1.87. The molecule has 0 amide bonds. The maximum atomic E-state index is 9.12. The van der Waals surface area contributed by atoms with Crippen LogP contribution in [0.3, 0.4) is 0 Å². The second kappa shape index (κ2) is 3.65. The zero-order chi connectivity index (χ0) is 9.30. The van der Waals surface area contributed by atoms with Crippen molar-refractivity contribution in [2.24, 2.45) is 0 Å². The largest absolute Gasteiger partial charge is 0.394 e. The van der Waals surface area contributed by atoms with E-state index in [1.807, 2.05) is 0 Å². The summed E-state index contributed by atoms with van der Waals surface area (Å²) in [5, 5.41) is 44.7. The Morgan fingerprint density at radius 1 is 0.917 bits per heavy atom. The van der Waals surface area contributed by atoms with E-state index in [1.165, 1.54) is 0 Å². The molecule has 0 saturated carbocycles. The first-order chi connectivity index (χ1) is 5.57. The molecule has 1 fully saturated rings. The Morgan fingerprint density at radius 3 is 2.00 bits per heavy atom. The average Bonchev–Trinajstić information content (AvgIpc) is 2.08. The topological polar surface area (TPSA) is 110 Å². The van der Waals surface area contributed by atoms with Gasteiger partial charge in [0.05, 0.1) is 6.61 Å². The van der Waals surface area contributed by atoms with Crippen LogP contribution in [0, 0.1) is 0 Å². The number of aliphatic hydroxyl groups is 5. The standard InChI is InChI=1S/C6H12O6/c7-1-2-3(8)4(9)5(10)6(11)12-2/h2-11H,1H2/t2?,3?,4?,5-,6+/m0/s1. The number of rotatable bonds is 1. The summed E-state index contributed by atoms with van der Waals surface area (Å²) in [6, 6.07) is 0. The van der Waals surface area contributed by atoms with Gasteiger partial charge in [-0.2, -0.15) is 0 Å². The molecule has 0 spiro atoms. The normalized spacial score (nSPS) is 49.2. The van der Waals surface area contributed by atoms with Crippen LogP contribution in [-0.4, -0.2) is 62.8 Å². The smallest absolute Gasteiger partial charge is 0.184 e. The molecule has 3 unspecified atom stereocenters. The molecule has 0 radical (unpaired) electrons. The zero-order valence-electron chi connectivity index (χ0n) is 6.24. The summed E-state index contributed by atoms with van der Waals surface area (Å²) in [6.07, 6.45) is -7.04. The molecule has 12 heavy (non-hydrogen) atoms. The van der Waals surface area contributed by atoms with Gasteiger partial charge < -0.3 is 30.3 Å². The monoisotopic (exact) mass is 180 g/mol. The first kappa shape index (κ1) is 9.85. The minimum atomic E-state index is -1.57. The van der Waals surface area contributed by atoms with Crippen molar-refractivity contribution in [3.63, 3.8) is 0 Å². The van der Waals surface area contributed by atoms with Crippen molar-refractivity contribution in [1.29, 1.82) is 0 Å². The van der Waals surface area contributed by atoms with E-state index in [0.29, 0.717) is 0 Å². The van der Waals surface area contributed by atoms with Gasteiger partial charge in [0, 0.05) is 0 Å². The van der Waals surface area contributed by atoms with E-state index >= 15 is 0 Å². The quantitative estimate of drug-likeness (QED) is 0.290. The summed E-state index contributed by atoms with van der Waals surface area (Å²) in [4.78, 5) is 0. The van der Waals surface area contributed by atoms with Crippen LogP contribution in [0.5, 0.6) is 0 Å². The molecule has 1 saturated heterocycles. The molecule has 5 N–H and O–H groups in total. The Balaban J connectivity index is 2.63. The van der Waals surface area contributed by atoms with Crippen LogP contribution in [0.4, 0.5) is 0 Å². The molecule has 0 bridgehead atoms. The highest BCUT2D eigenvalue weighted by Crippen LogP contribution is 2.18. The molecular formula is C6H12O6. The van der Waals surface area contributed by atoms with E-state index < -0.39 is 37.3 Å². The number of ether oxygens (including phenoxy) is 1. The van der Waals surface area contributed by atoms with Crippen LogP contribution in [0.25, 0.3) is 0 Å². The minimum Gasteiger partial charge on any atom is -0.394 e. The predicted molar refractivity (Wildman–Crippen MR) is 36.0 cm³/mol. The van der Waals surface area contributed by atoms with E-state index in [0.717, 1.165) is 0 Å². The molecule has 5 atom stereocenters. The van der Waals surface area contributed by atoms with Gasteiger partial charge in [-0.1, -0.05) is 0 Å². The second-order valence-electron chi connectivity index (χ2n) is 2.72. The van der Waals surface area contributed by atoms with Crippen LogP contribution in [0.2, 0.25) is 0 Å². The number of hydrogen-bond donors (Lipinski definition) is 5. The highest BCUT2D eigenvalue weighted by molar-refractivity contribution is 4.87. The van der Waals surface area contributed by atoms with Crippen molar-refractivity contribution in [1.82, 2.24) is 0 Å². The lowest BCUT2D eigenvalue weighted by molar-refractivity contribution is -0.286. The van der Waals surface area contributed by atoms with Crippen LogP contribution < -0.4 is 0 Å². The van der Waals surface area contributed by atoms with Gasteiger partial charge in [0.2, 0.25) is 0 Å². The van der Waals surface area contributed by atoms with Crippen LogP contribution in [-0.2, 0) is 4.74 Å². The molecule has 0 aromatic heterocycles. The lowest BCUT2D eigenvalue weighted by Gasteiger charge is -2.37. The first-order valence-electron chi connectivity index (χ1n) is 3.56. The van der Waals surface area contributed by atoms with Gasteiger partial charge in [0.1, 0.15) is 24.4 Å². The molecular weight excluding hydrogens is 168 g/mol. The highest BCUT2D eigenvalue weighted by Gasteiger charge is 2.42. The summed E-state index contributed by atoms with van der Waals surface area (Å²) in [7, 11) is 0. The third kappa shape index (κ3) is 1.58. The van der Waals surface area contributed by atoms with Crippen molar-refractivity contribution in [3.8, 4) is 0 Å². The molecule has 1 heterocycles. The summed E-state index contributed by atoms with van der Waals surface area (Å²) in [6.45, 7) is -0.526. The van der Waals surface area contributed by atoms with Gasteiger partial charge in [0.15, 0.2) is 6.29 Å². The number of aliphatic hydroxyl groups excluding tert-OH is 5. The third-order valence-corrected chi connectivity index (χ3v) is 1.87. The van der Waals surface area contributed by atoms with Gasteiger partial charge >= 0.3 is 0 Å². The molecule has 0 aliphatic carbocycles. The maximum absolute atomic E-state index is 9.12. The summed E-state index contributed by atoms with van der Waals surface area (Å²) in [5.41, 5.74) is 0. The van der Waals surface area contributed by atoms with Crippen molar-refractivity contribution < 1.29 is 30.3 Å². The molecule has 1 aliphatic rings. The minimum absolute atomic E-state index is 0.526. The summed E-state index contributed by atoms with van der Waals surface area (Å²) >= 11 is 0. The molecule has 0 aromatic carbocycles. The fraction of sp³-hybridized carbons (Fsp3) is 1.00. The Bertz CT molecular complexity index is 146. The van der Waals surface area contributed by atoms with Gasteiger partial charge in [-0.15, -0.1) is 0 Å². The van der Waals surface area contributed by atoms with E-state index in [9.17, 15) is 0 Å². The van der Waals surface area contributed by atoms with Crippen molar-refractivity contribution in [2.75, 3.05) is 6.61 Å². The lowest BCUT2D eigenvalue weighted by atomic mass is 10.00. The highest BCUT2D eigenvalue weighted by atomic mass is 16.6. The van der Waals surface area contributed by atoms with Crippen molar-refractivity contribution in [2.45, 2.75) is 30.7 Å². The molecule has 6 heteroatoms. The van der Waals surface area contributed by atoms with Gasteiger partial charge in [-0.25, -0.2) is 0 Å². The van der Waals surface area contributed by atoms with Gasteiger partial charge in [-0.3, -0.25) is 0 Å². The van der Waals surface area contributed by atoms with E-state index in [-0.39, 0.29) is 0 Å². The Kier molecular flexibility index (Phi) is 2.99. The fourth-order valence-corrected chi connectivity index (χ4v) is 1.08. The lowest BCUT2D eigenvalue weighted by Crippen LogP contribution is -2.58. The molecule has 0 aromatic rings. The zero-order valence-corrected chi connectivity index (χ0v) is 6.24. The Morgan fingerprint density at radius 2 is 1.50 bits per heavy atom. The summed E-state index contributed by atoms with van der Waals surface area (Å²) < 4.78 is 4.58. The Labute approximate surface area is 68.6 Å². The SMILES string of the molecule is OCC1O[C@@H](O)[C@@H](O)C(O)C1O. The van der Waals surface area contributed by atoms with E-state index in [1.54, 1.807) is 0 Å². The number of hydrogen-bond acceptors (Lipinski definition) is 6.